The number of anilines is 1. The maximum Gasteiger partial charge on any atom is 0.355 e. The molecule has 0 aliphatic carbocycles. The minimum absolute atomic E-state index is 0.0666. The number of methoxy groups -OCH3 is 2. The van der Waals surface area contributed by atoms with Gasteiger partial charge >= 0.3 is 11.9 Å². The third kappa shape index (κ3) is 4.38. The van der Waals surface area contributed by atoms with Crippen LogP contribution in [0, 0.1) is 6.92 Å². The lowest BCUT2D eigenvalue weighted by Crippen LogP contribution is -2.26. The van der Waals surface area contributed by atoms with Gasteiger partial charge in [0.25, 0.3) is 0 Å². The number of esters is 2. The normalized spacial score (nSPS) is 13.1. The van der Waals surface area contributed by atoms with Gasteiger partial charge in [-0.1, -0.05) is 24.3 Å². The number of nitrogens with zero attached hydrogens (tertiary/aromatic N) is 1. The summed E-state index contributed by atoms with van der Waals surface area (Å²) in [4.78, 5) is 26.2. The van der Waals surface area contributed by atoms with Crippen LogP contribution >= 0.6 is 0 Å². The van der Waals surface area contributed by atoms with Crippen molar-refractivity contribution in [1.29, 1.82) is 0 Å². The number of ether oxygens (including phenoxy) is 3. The van der Waals surface area contributed by atoms with Crippen LogP contribution in [0.25, 0.3) is 0 Å². The number of allylic oxidation sites excluding steroid dienone is 2. The van der Waals surface area contributed by atoms with E-state index in [-0.39, 0.29) is 11.3 Å². The number of para-hydroxylation sites is 1. The van der Waals surface area contributed by atoms with E-state index in [4.69, 9.17) is 14.2 Å². The lowest BCUT2D eigenvalue weighted by Gasteiger charge is -2.23. The van der Waals surface area contributed by atoms with Crippen molar-refractivity contribution in [2.75, 3.05) is 19.1 Å². The Kier molecular flexibility index (Phi) is 6.14. The Morgan fingerprint density at radius 1 is 0.862 bits per heavy atom. The molecule has 0 saturated carbocycles. The molecule has 0 fully saturated rings. The maximum absolute atomic E-state index is 12.5. The van der Waals surface area contributed by atoms with Crippen molar-refractivity contribution >= 4 is 17.6 Å². The number of hydrogen-bond acceptors (Lipinski definition) is 6. The predicted molar refractivity (Wildman–Crippen MR) is 110 cm³/mol. The molecule has 0 amide bonds. The molecule has 148 valence electrons. The summed E-state index contributed by atoms with van der Waals surface area (Å²) in [7, 11) is 2.53. The third-order valence-electron chi connectivity index (χ3n) is 4.33. The van der Waals surface area contributed by atoms with Crippen molar-refractivity contribution < 1.29 is 23.8 Å². The van der Waals surface area contributed by atoms with Crippen LogP contribution in [0.2, 0.25) is 0 Å². The van der Waals surface area contributed by atoms with Crippen molar-refractivity contribution in [3.8, 4) is 11.5 Å². The first-order valence-corrected chi connectivity index (χ1v) is 8.93. The van der Waals surface area contributed by atoms with Crippen molar-refractivity contribution in [1.82, 2.24) is 0 Å². The topological polar surface area (TPSA) is 65.1 Å². The standard InChI is InChI=1S/C23H21NO5/c1-16-8-4-5-10-20(16)29-18-13-11-17(12-14-18)24-15-7-6-9-19(22(25)27-2)21(24)23(26)28-3/h4-15H,1-3H3. The summed E-state index contributed by atoms with van der Waals surface area (Å²) in [5.74, 6) is 0.135. The molecule has 29 heavy (non-hydrogen) atoms. The Bertz CT molecular complexity index is 1000. The number of carbonyl (C=O) groups excluding carboxylic acids is 2. The average molecular weight is 391 g/mol. The molecule has 2 aromatic carbocycles. The van der Waals surface area contributed by atoms with E-state index in [1.165, 1.54) is 20.3 Å². The highest BCUT2D eigenvalue weighted by atomic mass is 16.5. The van der Waals surface area contributed by atoms with Gasteiger partial charge in [-0.05, 0) is 55.0 Å². The van der Waals surface area contributed by atoms with Crippen LogP contribution in [0.5, 0.6) is 11.5 Å². The van der Waals surface area contributed by atoms with Gasteiger partial charge in [-0.25, -0.2) is 9.59 Å². The summed E-state index contributed by atoms with van der Waals surface area (Å²) in [6, 6.07) is 14.9. The number of aryl methyl sites for hydroxylation is 1. The second-order valence-corrected chi connectivity index (χ2v) is 6.18. The second kappa shape index (κ2) is 8.93. The molecule has 1 aliphatic rings. The Balaban J connectivity index is 1.96. The lowest BCUT2D eigenvalue weighted by atomic mass is 10.1. The van der Waals surface area contributed by atoms with Crippen molar-refractivity contribution in [2.45, 2.75) is 6.92 Å². The van der Waals surface area contributed by atoms with Gasteiger partial charge in [0.2, 0.25) is 0 Å². The maximum atomic E-state index is 12.5. The van der Waals surface area contributed by atoms with E-state index >= 15 is 0 Å². The molecule has 1 heterocycles. The summed E-state index contributed by atoms with van der Waals surface area (Å²) in [6.07, 6.45) is 6.57. The Labute approximate surface area is 169 Å². The van der Waals surface area contributed by atoms with E-state index in [1.807, 2.05) is 31.2 Å². The van der Waals surface area contributed by atoms with Gasteiger partial charge in [0.15, 0.2) is 0 Å². The monoisotopic (exact) mass is 391 g/mol. The Morgan fingerprint density at radius 2 is 1.55 bits per heavy atom. The average Bonchev–Trinajstić information content (AvgIpc) is 2.98. The Morgan fingerprint density at radius 3 is 2.21 bits per heavy atom. The molecular weight excluding hydrogens is 370 g/mol. The lowest BCUT2D eigenvalue weighted by molar-refractivity contribution is -0.139. The Hall–Kier alpha value is -3.80. The molecular formula is C23H21NO5. The minimum atomic E-state index is -0.651. The first kappa shape index (κ1) is 19.9. The van der Waals surface area contributed by atoms with Gasteiger partial charge < -0.3 is 19.1 Å². The smallest absolute Gasteiger partial charge is 0.355 e. The quantitative estimate of drug-likeness (QED) is 0.709. The molecule has 0 saturated heterocycles. The molecule has 0 radical (unpaired) electrons. The second-order valence-electron chi connectivity index (χ2n) is 6.18. The van der Waals surface area contributed by atoms with Crippen molar-refractivity contribution in [3.05, 3.63) is 89.8 Å². The first-order valence-electron chi connectivity index (χ1n) is 8.93. The van der Waals surface area contributed by atoms with Gasteiger partial charge in [0.05, 0.1) is 19.8 Å². The number of rotatable bonds is 5. The van der Waals surface area contributed by atoms with Crippen LogP contribution in [0.15, 0.2) is 84.2 Å². The third-order valence-corrected chi connectivity index (χ3v) is 4.33. The molecule has 3 rings (SSSR count). The number of carbonyl (C=O) groups is 2. The van der Waals surface area contributed by atoms with Crippen LogP contribution < -0.4 is 9.64 Å². The highest BCUT2D eigenvalue weighted by Crippen LogP contribution is 2.30. The van der Waals surface area contributed by atoms with Crippen molar-refractivity contribution in [2.24, 2.45) is 0 Å². The fourth-order valence-corrected chi connectivity index (χ4v) is 2.84. The van der Waals surface area contributed by atoms with E-state index in [0.29, 0.717) is 11.4 Å². The molecule has 0 aromatic heterocycles. The summed E-state index contributed by atoms with van der Waals surface area (Å²) >= 11 is 0. The molecule has 0 unspecified atom stereocenters. The van der Waals surface area contributed by atoms with Gasteiger partial charge in [0.1, 0.15) is 17.2 Å². The zero-order chi connectivity index (χ0) is 20.8. The zero-order valence-corrected chi connectivity index (χ0v) is 16.4. The SMILES string of the molecule is COC(=O)C1=C(C(=O)OC)N(c2ccc(Oc3ccccc3C)cc2)C=CC=C1. The van der Waals surface area contributed by atoms with Gasteiger partial charge in [-0.2, -0.15) is 0 Å². The largest absolute Gasteiger partial charge is 0.465 e. The molecule has 1 aliphatic heterocycles. The van der Waals surface area contributed by atoms with Gasteiger partial charge in [0, 0.05) is 11.9 Å². The molecule has 6 heteroatoms. The molecule has 0 spiro atoms. The molecule has 0 bridgehead atoms. The highest BCUT2D eigenvalue weighted by molar-refractivity contribution is 6.05. The highest BCUT2D eigenvalue weighted by Gasteiger charge is 2.27. The molecule has 0 N–H and O–H groups in total. The molecule has 0 atom stereocenters. The van der Waals surface area contributed by atoms with Crippen molar-refractivity contribution in [3.63, 3.8) is 0 Å². The summed E-state index contributed by atoms with van der Waals surface area (Å²) in [5.41, 5.74) is 1.85. The first-order chi connectivity index (χ1) is 14.0. The summed E-state index contributed by atoms with van der Waals surface area (Å²) < 4.78 is 15.6. The fourth-order valence-electron chi connectivity index (χ4n) is 2.84. The van der Waals surface area contributed by atoms with E-state index < -0.39 is 11.9 Å². The predicted octanol–water partition coefficient (Wildman–Crippen LogP) is 4.28. The molecule has 2 aromatic rings. The number of benzene rings is 2. The summed E-state index contributed by atoms with van der Waals surface area (Å²) in [6.45, 7) is 1.97. The van der Waals surface area contributed by atoms with E-state index in [0.717, 1.165) is 11.3 Å². The van der Waals surface area contributed by atoms with Crippen LogP contribution in [0.1, 0.15) is 5.56 Å². The number of hydrogen-bond donors (Lipinski definition) is 0. The summed E-state index contributed by atoms with van der Waals surface area (Å²) in [5, 5.41) is 0. The van der Waals surface area contributed by atoms with Gasteiger partial charge in [-0.15, -0.1) is 0 Å². The van der Waals surface area contributed by atoms with Gasteiger partial charge in [-0.3, -0.25) is 0 Å². The van der Waals surface area contributed by atoms with Crippen LogP contribution in [-0.2, 0) is 19.1 Å². The van der Waals surface area contributed by atoms with Crippen LogP contribution in [0.3, 0.4) is 0 Å². The van der Waals surface area contributed by atoms with Crippen LogP contribution in [0.4, 0.5) is 5.69 Å². The van der Waals surface area contributed by atoms with E-state index in [2.05, 4.69) is 0 Å². The molecule has 6 nitrogen and oxygen atoms in total. The fraction of sp³-hybridized carbons (Fsp3) is 0.130. The minimum Gasteiger partial charge on any atom is -0.465 e. The van der Waals surface area contributed by atoms with E-state index in [9.17, 15) is 9.59 Å². The van der Waals surface area contributed by atoms with E-state index in [1.54, 1.807) is 47.5 Å². The van der Waals surface area contributed by atoms with Crippen LogP contribution in [-0.4, -0.2) is 26.2 Å². The zero-order valence-electron chi connectivity index (χ0n) is 16.4.